The van der Waals surface area contributed by atoms with Gasteiger partial charge in [0.15, 0.2) is 0 Å². The number of carbonyl (C=O) groups excluding carboxylic acids is 1. The Labute approximate surface area is 136 Å². The molecule has 0 N–H and O–H groups in total. The van der Waals surface area contributed by atoms with E-state index in [0.29, 0.717) is 36.0 Å². The highest BCUT2D eigenvalue weighted by molar-refractivity contribution is 6.34. The van der Waals surface area contributed by atoms with Crippen LogP contribution < -0.4 is 4.74 Å². The highest BCUT2D eigenvalue weighted by atomic mass is 35.5. The third-order valence-corrected chi connectivity index (χ3v) is 3.85. The van der Waals surface area contributed by atoms with Crippen LogP contribution in [0.3, 0.4) is 0 Å². The van der Waals surface area contributed by atoms with Gasteiger partial charge in [0.25, 0.3) is 5.91 Å². The normalized spacial score (nSPS) is 20.8. The van der Waals surface area contributed by atoms with Crippen molar-refractivity contribution in [2.45, 2.75) is 25.6 Å². The first-order valence-electron chi connectivity index (χ1n) is 7.16. The van der Waals surface area contributed by atoms with Crippen LogP contribution in [0.2, 0.25) is 5.02 Å². The summed E-state index contributed by atoms with van der Waals surface area (Å²) < 4.78 is 16.4. The molecular weight excluding hydrogens is 306 g/mol. The van der Waals surface area contributed by atoms with Gasteiger partial charge in [-0.05, 0) is 26.0 Å². The third kappa shape index (κ3) is 3.72. The van der Waals surface area contributed by atoms with Crippen molar-refractivity contribution in [1.29, 1.82) is 0 Å². The molecule has 122 valence electrons. The number of ether oxygens (including phenoxy) is 3. The molecule has 1 saturated heterocycles. The van der Waals surface area contributed by atoms with Crippen LogP contribution >= 0.6 is 11.6 Å². The molecule has 0 spiro atoms. The van der Waals surface area contributed by atoms with Crippen molar-refractivity contribution in [1.82, 2.24) is 4.90 Å². The zero-order chi connectivity index (χ0) is 16.3. The Kier molecular flexibility index (Phi) is 5.32. The summed E-state index contributed by atoms with van der Waals surface area (Å²) in [6.45, 7) is 5.30. The topological polar surface area (TPSA) is 48.0 Å². The fraction of sp³-hybridized carbons (Fsp3) is 0.562. The van der Waals surface area contributed by atoms with Crippen molar-refractivity contribution < 1.29 is 19.0 Å². The summed E-state index contributed by atoms with van der Waals surface area (Å²) in [7, 11) is 3.15. The third-order valence-electron chi connectivity index (χ3n) is 3.53. The number of carbonyl (C=O) groups is 1. The monoisotopic (exact) mass is 327 g/mol. The lowest BCUT2D eigenvalue weighted by Crippen LogP contribution is -2.55. The maximum absolute atomic E-state index is 12.9. The molecule has 6 heteroatoms. The SMILES string of the molecule is COC[C@@H]1CN(C(=O)c2c(Cl)cccc2OC)CC(C)(C)O1. The van der Waals surface area contributed by atoms with Crippen LogP contribution in [-0.2, 0) is 9.47 Å². The van der Waals surface area contributed by atoms with Gasteiger partial charge >= 0.3 is 0 Å². The first kappa shape index (κ1) is 17.1. The van der Waals surface area contributed by atoms with E-state index in [0.717, 1.165) is 0 Å². The molecule has 1 aliphatic heterocycles. The molecule has 0 bridgehead atoms. The number of halogens is 1. The van der Waals surface area contributed by atoms with Gasteiger partial charge < -0.3 is 19.1 Å². The predicted octanol–water partition coefficient (Wildman–Crippen LogP) is 2.61. The zero-order valence-electron chi connectivity index (χ0n) is 13.4. The van der Waals surface area contributed by atoms with Crippen LogP contribution in [-0.4, -0.2) is 56.4 Å². The molecule has 0 saturated carbocycles. The molecule has 1 atom stereocenters. The van der Waals surface area contributed by atoms with E-state index in [4.69, 9.17) is 25.8 Å². The number of nitrogens with zero attached hydrogens (tertiary/aromatic N) is 1. The molecule has 1 amide bonds. The van der Waals surface area contributed by atoms with Gasteiger partial charge in [-0.2, -0.15) is 0 Å². The van der Waals surface area contributed by atoms with Crippen molar-refractivity contribution >= 4 is 17.5 Å². The van der Waals surface area contributed by atoms with Gasteiger partial charge in [0.2, 0.25) is 0 Å². The lowest BCUT2D eigenvalue weighted by molar-refractivity contribution is -0.143. The Balaban J connectivity index is 2.28. The van der Waals surface area contributed by atoms with Crippen molar-refractivity contribution in [2.75, 3.05) is 33.9 Å². The van der Waals surface area contributed by atoms with Gasteiger partial charge in [0.1, 0.15) is 11.3 Å². The summed E-state index contributed by atoms with van der Waals surface area (Å²) in [5.74, 6) is 0.324. The van der Waals surface area contributed by atoms with Gasteiger partial charge in [0.05, 0.1) is 30.4 Å². The Hall–Kier alpha value is -1.30. The average molecular weight is 328 g/mol. The number of morpholine rings is 1. The summed E-state index contributed by atoms with van der Waals surface area (Å²) in [5, 5.41) is 0.386. The summed E-state index contributed by atoms with van der Waals surface area (Å²) in [4.78, 5) is 14.6. The molecule has 1 heterocycles. The first-order valence-corrected chi connectivity index (χ1v) is 7.54. The van der Waals surface area contributed by atoms with Gasteiger partial charge in [0, 0.05) is 20.2 Å². The Morgan fingerprint density at radius 2 is 2.18 bits per heavy atom. The number of rotatable bonds is 4. The number of hydrogen-bond acceptors (Lipinski definition) is 4. The molecule has 1 fully saturated rings. The van der Waals surface area contributed by atoms with E-state index in [1.54, 1.807) is 30.2 Å². The fourth-order valence-corrected chi connectivity index (χ4v) is 3.01. The van der Waals surface area contributed by atoms with E-state index in [9.17, 15) is 4.79 Å². The van der Waals surface area contributed by atoms with Crippen molar-refractivity contribution in [2.24, 2.45) is 0 Å². The second-order valence-electron chi connectivity index (χ2n) is 5.96. The summed E-state index contributed by atoms with van der Waals surface area (Å²) in [5.41, 5.74) is -0.0495. The molecule has 22 heavy (non-hydrogen) atoms. The smallest absolute Gasteiger partial charge is 0.259 e. The molecule has 2 rings (SSSR count). The van der Waals surface area contributed by atoms with E-state index in [2.05, 4.69) is 0 Å². The average Bonchev–Trinajstić information content (AvgIpc) is 2.45. The second-order valence-corrected chi connectivity index (χ2v) is 6.36. The van der Waals surface area contributed by atoms with Crippen LogP contribution in [0.25, 0.3) is 0 Å². The molecule has 0 aromatic heterocycles. The standard InChI is InChI=1S/C16H22ClNO4/c1-16(2)10-18(8-11(22-16)9-20-3)15(19)14-12(17)6-5-7-13(14)21-4/h5-7,11H,8-10H2,1-4H3/t11-/m0/s1. The zero-order valence-corrected chi connectivity index (χ0v) is 14.1. The van der Waals surface area contributed by atoms with Crippen molar-refractivity contribution in [3.63, 3.8) is 0 Å². The van der Waals surface area contributed by atoms with E-state index in [-0.39, 0.29) is 12.0 Å². The molecular formula is C16H22ClNO4. The molecule has 0 unspecified atom stereocenters. The summed E-state index contributed by atoms with van der Waals surface area (Å²) in [6, 6.07) is 5.18. The summed E-state index contributed by atoms with van der Waals surface area (Å²) in [6.07, 6.45) is -0.161. The number of benzene rings is 1. The Morgan fingerprint density at radius 3 is 2.82 bits per heavy atom. The maximum Gasteiger partial charge on any atom is 0.259 e. The molecule has 0 radical (unpaired) electrons. The molecule has 0 aliphatic carbocycles. The number of methoxy groups -OCH3 is 2. The van der Waals surface area contributed by atoms with Crippen LogP contribution in [0.4, 0.5) is 0 Å². The van der Waals surface area contributed by atoms with Crippen molar-refractivity contribution in [3.8, 4) is 5.75 Å². The fourth-order valence-electron chi connectivity index (χ4n) is 2.76. The van der Waals surface area contributed by atoms with Crippen LogP contribution in [0.15, 0.2) is 18.2 Å². The minimum atomic E-state index is -0.439. The number of amides is 1. The first-order chi connectivity index (χ1) is 10.4. The quantitative estimate of drug-likeness (QED) is 0.853. The van der Waals surface area contributed by atoms with Gasteiger partial charge in [-0.25, -0.2) is 0 Å². The lowest BCUT2D eigenvalue weighted by Gasteiger charge is -2.42. The van der Waals surface area contributed by atoms with E-state index in [1.165, 1.54) is 7.11 Å². The molecule has 1 aliphatic rings. The van der Waals surface area contributed by atoms with E-state index < -0.39 is 5.60 Å². The second kappa shape index (κ2) is 6.86. The molecule has 1 aromatic rings. The molecule has 5 nitrogen and oxygen atoms in total. The highest BCUT2D eigenvalue weighted by Gasteiger charge is 2.37. The lowest BCUT2D eigenvalue weighted by atomic mass is 10.0. The van der Waals surface area contributed by atoms with Gasteiger partial charge in [-0.3, -0.25) is 4.79 Å². The molecule has 1 aromatic carbocycles. The van der Waals surface area contributed by atoms with E-state index in [1.807, 2.05) is 13.8 Å². The number of hydrogen-bond donors (Lipinski definition) is 0. The predicted molar refractivity (Wildman–Crippen MR) is 84.7 cm³/mol. The van der Waals surface area contributed by atoms with Gasteiger partial charge in [-0.1, -0.05) is 17.7 Å². The van der Waals surface area contributed by atoms with E-state index >= 15 is 0 Å². The maximum atomic E-state index is 12.9. The van der Waals surface area contributed by atoms with Crippen LogP contribution in [0.5, 0.6) is 5.75 Å². The highest BCUT2D eigenvalue weighted by Crippen LogP contribution is 2.30. The Morgan fingerprint density at radius 1 is 1.45 bits per heavy atom. The largest absolute Gasteiger partial charge is 0.496 e. The van der Waals surface area contributed by atoms with Gasteiger partial charge in [-0.15, -0.1) is 0 Å². The van der Waals surface area contributed by atoms with Crippen LogP contribution in [0.1, 0.15) is 24.2 Å². The minimum absolute atomic E-state index is 0.153. The minimum Gasteiger partial charge on any atom is -0.496 e. The Bertz CT molecular complexity index is 547. The summed E-state index contributed by atoms with van der Waals surface area (Å²) >= 11 is 6.21. The van der Waals surface area contributed by atoms with Crippen molar-refractivity contribution in [3.05, 3.63) is 28.8 Å². The van der Waals surface area contributed by atoms with Crippen LogP contribution in [0, 0.1) is 0 Å².